The molecule has 1 aromatic carbocycles. The van der Waals surface area contributed by atoms with Crippen LogP contribution in [0.4, 0.5) is 13.2 Å². The molecule has 0 radical (unpaired) electrons. The van der Waals surface area contributed by atoms with E-state index in [2.05, 4.69) is 20.2 Å². The summed E-state index contributed by atoms with van der Waals surface area (Å²) in [7, 11) is 0. The van der Waals surface area contributed by atoms with Crippen LogP contribution in [0.5, 0.6) is 11.5 Å². The number of carbonyl (C=O) groups is 1. The molecule has 1 amide bonds. The van der Waals surface area contributed by atoms with E-state index in [0.717, 1.165) is 0 Å². The molecule has 0 aliphatic heterocycles. The third kappa shape index (κ3) is 7.66. The number of ether oxygens (including phenoxy) is 2. The molecule has 0 saturated heterocycles. The van der Waals surface area contributed by atoms with Crippen LogP contribution in [0.3, 0.4) is 0 Å². The monoisotopic (exact) mass is 413 g/mol. The van der Waals surface area contributed by atoms with Gasteiger partial charge in [0.05, 0.1) is 12.8 Å². The van der Waals surface area contributed by atoms with Gasteiger partial charge >= 0.3 is 6.36 Å². The van der Waals surface area contributed by atoms with Gasteiger partial charge in [-0.05, 0) is 36.2 Å². The highest BCUT2D eigenvalue weighted by Gasteiger charge is 2.30. The van der Waals surface area contributed by atoms with Gasteiger partial charge in [0.1, 0.15) is 17.2 Å². The molecule has 3 N–H and O–H groups in total. The van der Waals surface area contributed by atoms with Gasteiger partial charge in [0.2, 0.25) is 5.90 Å². The fraction of sp³-hybridized carbons (Fsp3) is 0.278. The molecule has 0 atom stereocenters. The van der Waals surface area contributed by atoms with Crippen LogP contribution >= 0.6 is 0 Å². The number of rotatable bonds is 8. The van der Waals surface area contributed by atoms with Gasteiger partial charge in [-0.15, -0.1) is 13.2 Å². The summed E-state index contributed by atoms with van der Waals surface area (Å²) in [6, 6.07) is 8.13. The Morgan fingerprint density at radius 2 is 1.83 bits per heavy atom. The lowest BCUT2D eigenvalue weighted by Gasteiger charge is -2.10. The van der Waals surface area contributed by atoms with Crippen LogP contribution in [-0.4, -0.2) is 46.6 Å². The van der Waals surface area contributed by atoms with Crippen molar-refractivity contribution in [2.45, 2.75) is 19.2 Å². The number of hydrogen-bond acceptors (Lipinski definition) is 7. The van der Waals surface area contributed by atoms with E-state index in [1.165, 1.54) is 42.6 Å². The van der Waals surface area contributed by atoms with Gasteiger partial charge < -0.3 is 25.1 Å². The molecule has 11 heteroatoms. The third-order valence-corrected chi connectivity index (χ3v) is 3.50. The molecule has 29 heavy (non-hydrogen) atoms. The van der Waals surface area contributed by atoms with Crippen LogP contribution in [0.2, 0.25) is 0 Å². The lowest BCUT2D eigenvalue weighted by Crippen LogP contribution is -2.27. The van der Waals surface area contributed by atoms with E-state index in [1.807, 2.05) is 0 Å². The highest BCUT2D eigenvalue weighted by atomic mass is 19.4. The fourth-order valence-electron chi connectivity index (χ4n) is 2.20. The zero-order valence-electron chi connectivity index (χ0n) is 15.0. The number of aryl methyl sites for hydroxylation is 1. The van der Waals surface area contributed by atoms with Crippen molar-refractivity contribution in [3.8, 4) is 11.5 Å². The number of nitrogens with zero attached hydrogens (tertiary/aromatic N) is 2. The molecule has 2 rings (SSSR count). The van der Waals surface area contributed by atoms with Gasteiger partial charge in [-0.25, -0.2) is 4.98 Å². The van der Waals surface area contributed by atoms with Gasteiger partial charge in [-0.3, -0.25) is 4.79 Å². The minimum atomic E-state index is -4.75. The Hall–Kier alpha value is -3.34. The summed E-state index contributed by atoms with van der Waals surface area (Å²) in [5.41, 5.74) is 0.799. The molecule has 0 saturated carbocycles. The van der Waals surface area contributed by atoms with Crippen molar-refractivity contribution < 1.29 is 37.8 Å². The Kier molecular flexibility index (Phi) is 7.78. The van der Waals surface area contributed by atoms with E-state index in [-0.39, 0.29) is 42.7 Å². The number of nitrogens with one attached hydrogen (secondary N) is 1. The van der Waals surface area contributed by atoms with Crippen molar-refractivity contribution >= 4 is 11.8 Å². The molecular formula is C18H18F3N3O5. The Bertz CT molecular complexity index is 824. The van der Waals surface area contributed by atoms with E-state index in [4.69, 9.17) is 15.1 Å². The average Bonchev–Trinajstić information content (AvgIpc) is 2.69. The van der Waals surface area contributed by atoms with Crippen LogP contribution in [-0.2, 0) is 6.42 Å². The third-order valence-electron chi connectivity index (χ3n) is 3.50. The molecular weight excluding hydrogens is 395 g/mol. The molecule has 0 fully saturated rings. The van der Waals surface area contributed by atoms with Crippen LogP contribution in [0.25, 0.3) is 0 Å². The standard InChI is InChI=1S/C18H18F3N3O5/c19-18(20,21)29-13-4-1-12(2-5-13)3-8-16(24-27)28-14-6-7-15(23-11-14)17(26)22-9-10-25/h1-2,4-7,11,25,27H,3,8-10H2,(H,22,26)/b24-16+. The predicted octanol–water partition coefficient (Wildman–Crippen LogP) is 2.50. The Morgan fingerprint density at radius 1 is 1.14 bits per heavy atom. The predicted molar refractivity (Wildman–Crippen MR) is 95.0 cm³/mol. The quantitative estimate of drug-likeness (QED) is 0.265. The summed E-state index contributed by atoms with van der Waals surface area (Å²) in [6.07, 6.45) is -2.99. The summed E-state index contributed by atoms with van der Waals surface area (Å²) in [5, 5.41) is 23.3. The second-order valence-electron chi connectivity index (χ2n) is 5.65. The second kappa shape index (κ2) is 10.3. The minimum Gasteiger partial charge on any atom is -0.438 e. The first-order valence-electron chi connectivity index (χ1n) is 8.39. The Morgan fingerprint density at radius 3 is 2.38 bits per heavy atom. The van der Waals surface area contributed by atoms with Crippen molar-refractivity contribution in [3.63, 3.8) is 0 Å². The van der Waals surface area contributed by atoms with E-state index in [1.54, 1.807) is 0 Å². The van der Waals surface area contributed by atoms with Crippen molar-refractivity contribution in [1.29, 1.82) is 0 Å². The molecule has 1 heterocycles. The summed E-state index contributed by atoms with van der Waals surface area (Å²) in [5.74, 6) is -0.604. The maximum atomic E-state index is 12.2. The zero-order valence-corrected chi connectivity index (χ0v) is 15.0. The molecule has 0 unspecified atom stereocenters. The molecule has 0 bridgehead atoms. The van der Waals surface area contributed by atoms with Gasteiger partial charge in [0.15, 0.2) is 0 Å². The number of aliphatic hydroxyl groups is 1. The molecule has 2 aromatic rings. The van der Waals surface area contributed by atoms with Crippen molar-refractivity contribution in [2.24, 2.45) is 5.16 Å². The van der Waals surface area contributed by atoms with E-state index < -0.39 is 12.3 Å². The zero-order chi connectivity index (χ0) is 21.3. The smallest absolute Gasteiger partial charge is 0.438 e. The molecule has 1 aromatic heterocycles. The number of benzene rings is 1. The number of halogens is 3. The van der Waals surface area contributed by atoms with Crippen molar-refractivity contribution in [1.82, 2.24) is 10.3 Å². The van der Waals surface area contributed by atoms with Crippen LogP contribution in [0, 0.1) is 0 Å². The van der Waals surface area contributed by atoms with Crippen LogP contribution in [0.1, 0.15) is 22.5 Å². The first kappa shape index (κ1) is 22.0. The largest absolute Gasteiger partial charge is 0.573 e. The number of hydrogen-bond donors (Lipinski definition) is 3. The number of aromatic nitrogens is 1. The number of alkyl halides is 3. The molecule has 156 valence electrons. The summed E-state index contributed by atoms with van der Waals surface area (Å²) in [6.45, 7) is -0.0925. The van der Waals surface area contributed by atoms with E-state index >= 15 is 0 Å². The van der Waals surface area contributed by atoms with E-state index in [9.17, 15) is 18.0 Å². The number of oxime groups is 1. The SMILES string of the molecule is O=C(NCCO)c1ccc(O/C(CCc2ccc(OC(F)(F)F)cc2)=N/O)cn1. The normalized spacial score (nSPS) is 11.8. The van der Waals surface area contributed by atoms with Crippen molar-refractivity contribution in [2.75, 3.05) is 13.2 Å². The second-order valence-corrected chi connectivity index (χ2v) is 5.65. The van der Waals surface area contributed by atoms with Gasteiger partial charge in [0.25, 0.3) is 5.91 Å². The highest BCUT2D eigenvalue weighted by Crippen LogP contribution is 2.23. The molecule has 0 aliphatic rings. The average molecular weight is 413 g/mol. The number of pyridine rings is 1. The number of amides is 1. The van der Waals surface area contributed by atoms with E-state index in [0.29, 0.717) is 12.0 Å². The van der Waals surface area contributed by atoms with Crippen molar-refractivity contribution in [3.05, 3.63) is 53.9 Å². The molecule has 8 nitrogen and oxygen atoms in total. The first-order chi connectivity index (χ1) is 13.8. The maximum Gasteiger partial charge on any atom is 0.573 e. The highest BCUT2D eigenvalue weighted by molar-refractivity contribution is 5.92. The maximum absolute atomic E-state index is 12.2. The van der Waals surface area contributed by atoms with Gasteiger partial charge in [-0.1, -0.05) is 17.3 Å². The lowest BCUT2D eigenvalue weighted by atomic mass is 10.1. The van der Waals surface area contributed by atoms with Gasteiger partial charge in [0, 0.05) is 13.0 Å². The summed E-state index contributed by atoms with van der Waals surface area (Å²) >= 11 is 0. The minimum absolute atomic E-state index is 0.0418. The fourth-order valence-corrected chi connectivity index (χ4v) is 2.20. The number of aliphatic hydroxyl groups excluding tert-OH is 1. The number of carbonyl (C=O) groups excluding carboxylic acids is 1. The molecule has 0 spiro atoms. The van der Waals surface area contributed by atoms with Crippen LogP contribution in [0.15, 0.2) is 47.8 Å². The lowest BCUT2D eigenvalue weighted by molar-refractivity contribution is -0.274. The summed E-state index contributed by atoms with van der Waals surface area (Å²) in [4.78, 5) is 15.6. The Balaban J connectivity index is 1.88. The topological polar surface area (TPSA) is 113 Å². The van der Waals surface area contributed by atoms with Gasteiger partial charge in [-0.2, -0.15) is 0 Å². The molecule has 0 aliphatic carbocycles. The van der Waals surface area contributed by atoms with Crippen LogP contribution < -0.4 is 14.8 Å². The summed E-state index contributed by atoms with van der Waals surface area (Å²) < 4.78 is 45.6. The Labute approximate surface area is 163 Å². The first-order valence-corrected chi connectivity index (χ1v) is 8.39.